The third-order valence-corrected chi connectivity index (χ3v) is 6.41. The van der Waals surface area contributed by atoms with E-state index < -0.39 is 17.7 Å². The number of hydrogen-bond donors (Lipinski definition) is 2. The number of methoxy groups -OCH3 is 1. The van der Waals surface area contributed by atoms with E-state index in [2.05, 4.69) is 21.2 Å². The maximum atomic E-state index is 13.0. The van der Waals surface area contributed by atoms with E-state index in [4.69, 9.17) is 26.8 Å². The molecule has 2 N–H and O–H groups in total. The zero-order chi connectivity index (χ0) is 24.8. The van der Waals surface area contributed by atoms with Gasteiger partial charge in [0.25, 0.3) is 11.8 Å². The van der Waals surface area contributed by atoms with Gasteiger partial charge in [0.1, 0.15) is 10.1 Å². The molecule has 1 fully saturated rings. The molecule has 1 aliphatic rings. The maximum Gasteiger partial charge on any atom is 0.305 e. The first-order valence-corrected chi connectivity index (χ1v) is 11.7. The van der Waals surface area contributed by atoms with Crippen molar-refractivity contribution in [2.24, 2.45) is 0 Å². The molecule has 8 nitrogen and oxygen atoms in total. The first kappa shape index (κ1) is 25.7. The minimum atomic E-state index is -1.02. The van der Waals surface area contributed by atoms with Crippen LogP contribution in [0.4, 0.5) is 10.1 Å². The van der Waals surface area contributed by atoms with Gasteiger partial charge in [0.05, 0.1) is 22.9 Å². The lowest BCUT2D eigenvalue weighted by Crippen LogP contribution is -2.30. The highest BCUT2D eigenvalue weighted by atomic mass is 79.9. The number of halogens is 2. The Hall–Kier alpha value is -2.96. The van der Waals surface area contributed by atoms with Crippen LogP contribution in [0.2, 0.25) is 0 Å². The second-order valence-electron chi connectivity index (χ2n) is 6.85. The number of nitrogens with zero attached hydrogens (tertiary/aromatic N) is 1. The van der Waals surface area contributed by atoms with Gasteiger partial charge in [-0.1, -0.05) is 24.0 Å². The summed E-state index contributed by atoms with van der Waals surface area (Å²) < 4.78 is 24.8. The number of thioether (sulfide) groups is 1. The number of carbonyl (C=O) groups is 3. The van der Waals surface area contributed by atoms with Crippen LogP contribution in [-0.2, 0) is 14.4 Å². The average molecular weight is 569 g/mol. The molecule has 2 aromatic carbocycles. The van der Waals surface area contributed by atoms with E-state index in [0.29, 0.717) is 26.4 Å². The van der Waals surface area contributed by atoms with Gasteiger partial charge in [0.2, 0.25) is 0 Å². The summed E-state index contributed by atoms with van der Waals surface area (Å²) in [5, 5.41) is 11.4. The van der Waals surface area contributed by atoms with Crippen molar-refractivity contribution in [1.29, 1.82) is 0 Å². The van der Waals surface area contributed by atoms with Gasteiger partial charge in [-0.05, 0) is 64.0 Å². The molecule has 34 heavy (non-hydrogen) atoms. The van der Waals surface area contributed by atoms with E-state index in [1.807, 2.05) is 0 Å². The van der Waals surface area contributed by atoms with Crippen LogP contribution in [0.3, 0.4) is 0 Å². The normalized spacial score (nSPS) is 14.4. The fourth-order valence-electron chi connectivity index (χ4n) is 2.88. The molecule has 0 aromatic heterocycles. The molecule has 0 radical (unpaired) electrons. The van der Waals surface area contributed by atoms with Gasteiger partial charge in [-0.3, -0.25) is 19.3 Å². The molecule has 0 atom stereocenters. The Morgan fingerprint density at radius 3 is 2.65 bits per heavy atom. The Bertz CT molecular complexity index is 1170. The number of benzene rings is 2. The smallest absolute Gasteiger partial charge is 0.305 e. The lowest BCUT2D eigenvalue weighted by molar-refractivity contribution is -0.137. The van der Waals surface area contributed by atoms with Crippen LogP contribution in [-0.4, -0.2) is 52.4 Å². The van der Waals surface area contributed by atoms with Crippen LogP contribution in [0.1, 0.15) is 12.0 Å². The first-order valence-electron chi connectivity index (χ1n) is 9.71. The van der Waals surface area contributed by atoms with Crippen molar-refractivity contribution in [3.8, 4) is 11.5 Å². The molecule has 1 heterocycles. The summed E-state index contributed by atoms with van der Waals surface area (Å²) in [6, 6.07) is 8.64. The molecule has 0 aliphatic carbocycles. The van der Waals surface area contributed by atoms with Crippen LogP contribution in [0, 0.1) is 5.82 Å². The molecule has 0 bridgehead atoms. The van der Waals surface area contributed by atoms with Crippen molar-refractivity contribution in [3.05, 3.63) is 57.2 Å². The maximum absolute atomic E-state index is 13.0. The van der Waals surface area contributed by atoms with Crippen molar-refractivity contribution in [1.82, 2.24) is 4.90 Å². The van der Waals surface area contributed by atoms with Gasteiger partial charge in [0.15, 0.2) is 18.1 Å². The molecule has 2 aromatic rings. The Morgan fingerprint density at radius 2 is 2.00 bits per heavy atom. The molecule has 12 heteroatoms. The van der Waals surface area contributed by atoms with Crippen LogP contribution in [0.15, 0.2) is 45.8 Å². The second kappa shape index (κ2) is 11.4. The molecule has 0 unspecified atom stereocenters. The number of hydrogen-bond acceptors (Lipinski definition) is 7. The topological polar surface area (TPSA) is 105 Å². The number of carboxylic acid groups (broad SMARTS) is 1. The molecular formula is C22H18BrFN2O6S2. The van der Waals surface area contributed by atoms with Crippen molar-refractivity contribution < 1.29 is 33.4 Å². The number of nitrogens with one attached hydrogen (secondary N) is 1. The summed E-state index contributed by atoms with van der Waals surface area (Å²) >= 11 is 9.67. The summed E-state index contributed by atoms with van der Waals surface area (Å²) in [5.41, 5.74) is 1.03. The minimum absolute atomic E-state index is 0.00286. The predicted molar refractivity (Wildman–Crippen MR) is 133 cm³/mol. The number of rotatable bonds is 9. The molecule has 0 saturated carbocycles. The fraction of sp³-hybridized carbons (Fsp3) is 0.182. The molecular weight excluding hydrogens is 551 g/mol. The van der Waals surface area contributed by atoms with Gasteiger partial charge in [-0.25, -0.2) is 4.39 Å². The number of thiocarbonyl (C=S) groups is 1. The van der Waals surface area contributed by atoms with Gasteiger partial charge >= 0.3 is 5.97 Å². The minimum Gasteiger partial charge on any atom is -0.493 e. The molecule has 1 saturated heterocycles. The number of anilines is 1. The van der Waals surface area contributed by atoms with E-state index >= 15 is 0 Å². The van der Waals surface area contributed by atoms with Gasteiger partial charge in [0, 0.05) is 12.2 Å². The number of amides is 2. The predicted octanol–water partition coefficient (Wildman–Crippen LogP) is 4.29. The lowest BCUT2D eigenvalue weighted by Gasteiger charge is -2.14. The van der Waals surface area contributed by atoms with Gasteiger partial charge in [-0.2, -0.15) is 0 Å². The number of carboxylic acids is 1. The molecule has 1 aliphatic heterocycles. The largest absolute Gasteiger partial charge is 0.493 e. The lowest BCUT2D eigenvalue weighted by atomic mass is 10.2. The third kappa shape index (κ3) is 6.55. The van der Waals surface area contributed by atoms with E-state index in [-0.39, 0.29) is 35.5 Å². The number of ether oxygens (including phenoxy) is 2. The van der Waals surface area contributed by atoms with Crippen molar-refractivity contribution in [2.45, 2.75) is 6.42 Å². The highest BCUT2D eigenvalue weighted by Gasteiger charge is 2.32. The Morgan fingerprint density at radius 1 is 1.29 bits per heavy atom. The van der Waals surface area contributed by atoms with Crippen molar-refractivity contribution in [3.63, 3.8) is 0 Å². The third-order valence-electron chi connectivity index (χ3n) is 4.45. The number of carbonyl (C=O) groups excluding carboxylic acids is 2. The standard InChI is InChI=1S/C22H18BrFN2O6S2/c1-31-16-9-12(10-17-21(30)26(22(33)34-17)7-6-19(28)29)8-15(23)20(16)32-11-18(27)25-14-4-2-13(24)3-5-14/h2-5,8-10H,6-7,11H2,1H3,(H,25,27)(H,28,29)/b17-10-. The van der Waals surface area contributed by atoms with E-state index in [1.165, 1.54) is 36.3 Å². The Kier molecular flexibility index (Phi) is 8.64. The SMILES string of the molecule is COc1cc(/C=C2\SC(=S)N(CCC(=O)O)C2=O)cc(Br)c1OCC(=O)Nc1ccc(F)cc1. The van der Waals surface area contributed by atoms with Gasteiger partial charge < -0.3 is 19.9 Å². The quantitative estimate of drug-likeness (QED) is 0.341. The highest BCUT2D eigenvalue weighted by molar-refractivity contribution is 9.10. The second-order valence-corrected chi connectivity index (χ2v) is 9.39. The molecule has 178 valence electrons. The summed E-state index contributed by atoms with van der Waals surface area (Å²) in [7, 11) is 1.43. The van der Waals surface area contributed by atoms with Crippen LogP contribution >= 0.6 is 39.9 Å². The van der Waals surface area contributed by atoms with E-state index in [9.17, 15) is 18.8 Å². The van der Waals surface area contributed by atoms with Gasteiger partial charge in [-0.15, -0.1) is 0 Å². The number of aliphatic carboxylic acids is 1. The highest BCUT2D eigenvalue weighted by Crippen LogP contribution is 2.39. The fourth-order valence-corrected chi connectivity index (χ4v) is 4.77. The summed E-state index contributed by atoms with van der Waals surface area (Å²) in [6.07, 6.45) is 1.40. The molecule has 3 rings (SSSR count). The van der Waals surface area contributed by atoms with Crippen LogP contribution in [0.5, 0.6) is 11.5 Å². The van der Waals surface area contributed by atoms with E-state index in [1.54, 1.807) is 18.2 Å². The summed E-state index contributed by atoms with van der Waals surface area (Å²) in [4.78, 5) is 37.2. The molecule has 2 amide bonds. The van der Waals surface area contributed by atoms with Crippen LogP contribution < -0.4 is 14.8 Å². The monoisotopic (exact) mass is 568 g/mol. The molecule has 0 spiro atoms. The first-order chi connectivity index (χ1) is 16.2. The Labute approximate surface area is 212 Å². The zero-order valence-corrected chi connectivity index (χ0v) is 20.9. The zero-order valence-electron chi connectivity index (χ0n) is 17.7. The van der Waals surface area contributed by atoms with Crippen molar-refractivity contribution >= 4 is 73.8 Å². The van der Waals surface area contributed by atoms with Crippen LogP contribution in [0.25, 0.3) is 6.08 Å². The van der Waals surface area contributed by atoms with Crippen molar-refractivity contribution in [2.75, 3.05) is 25.6 Å². The summed E-state index contributed by atoms with van der Waals surface area (Å²) in [5.74, 6) is -1.66. The Balaban J connectivity index is 1.71. The average Bonchev–Trinajstić information content (AvgIpc) is 3.04. The van der Waals surface area contributed by atoms with E-state index in [0.717, 1.165) is 11.8 Å². The summed E-state index contributed by atoms with van der Waals surface area (Å²) in [6.45, 7) is -0.328.